The molecule has 0 aromatic carbocycles. The van der Waals surface area contributed by atoms with Crippen molar-refractivity contribution in [3.63, 3.8) is 0 Å². The average molecular weight is 713 g/mol. The predicted molar refractivity (Wildman–Crippen MR) is 208 cm³/mol. The Bertz CT molecular complexity index is 1610. The number of nitrogens with zero attached hydrogens (tertiary/aromatic N) is 2. The quantitative estimate of drug-likeness (QED) is 0.115. The molecule has 5 aliphatic rings. The summed E-state index contributed by atoms with van der Waals surface area (Å²) in [5.74, 6) is 4.48. The molecule has 0 N–H and O–H groups in total. The molecule has 0 aliphatic heterocycles. The van der Waals surface area contributed by atoms with Crippen molar-refractivity contribution in [2.45, 2.75) is 165 Å². The fourth-order valence-corrected chi connectivity index (χ4v) is 12.0. The van der Waals surface area contributed by atoms with Gasteiger partial charge in [0.1, 0.15) is 6.29 Å². The molecule has 3 fully saturated rings. The Hall–Kier alpha value is -2.76. The molecule has 0 spiro atoms. The first kappa shape index (κ1) is 38.9. The molecule has 52 heavy (non-hydrogen) atoms. The molecule has 6 nitrogen and oxygen atoms in total. The maximum Gasteiger partial charge on any atom is 0.307 e. The Morgan fingerprint density at radius 2 is 1.83 bits per heavy atom. The second-order valence-corrected chi connectivity index (χ2v) is 19.3. The van der Waals surface area contributed by atoms with E-state index in [1.165, 1.54) is 62.5 Å². The molecule has 0 saturated heterocycles. The number of aldehydes is 1. The molecule has 0 amide bonds. The lowest BCUT2D eigenvalue weighted by molar-refractivity contribution is -0.155. The molecular formula is C46H68N2O4. The van der Waals surface area contributed by atoms with Crippen LogP contribution in [0.15, 0.2) is 51.0 Å². The summed E-state index contributed by atoms with van der Waals surface area (Å²) in [4.78, 5) is 24.1. The Morgan fingerprint density at radius 3 is 2.56 bits per heavy atom. The summed E-state index contributed by atoms with van der Waals surface area (Å²) >= 11 is 0. The summed E-state index contributed by atoms with van der Waals surface area (Å²) in [6.45, 7) is 20.4. The average Bonchev–Trinajstić information content (AvgIpc) is 3.63. The van der Waals surface area contributed by atoms with Gasteiger partial charge in [-0.3, -0.25) is 4.79 Å². The molecular weight excluding hydrogens is 645 g/mol. The molecule has 8 atom stereocenters. The van der Waals surface area contributed by atoms with E-state index in [-0.39, 0.29) is 29.3 Å². The van der Waals surface area contributed by atoms with Crippen molar-refractivity contribution in [3.8, 4) is 0 Å². The fraction of sp³-hybridized carbons (Fsp3) is 0.739. The van der Waals surface area contributed by atoms with Crippen LogP contribution in [-0.2, 0) is 27.2 Å². The highest BCUT2D eigenvalue weighted by Gasteiger charge is 2.62. The van der Waals surface area contributed by atoms with E-state index >= 15 is 0 Å². The number of esters is 1. The summed E-state index contributed by atoms with van der Waals surface area (Å²) in [6, 6.07) is 0. The van der Waals surface area contributed by atoms with E-state index in [4.69, 9.17) is 9.15 Å². The summed E-state index contributed by atoms with van der Waals surface area (Å²) < 4.78 is 12.3. The van der Waals surface area contributed by atoms with Crippen LogP contribution in [0.4, 0.5) is 0 Å². The molecule has 8 unspecified atom stereocenters. The summed E-state index contributed by atoms with van der Waals surface area (Å²) in [6.07, 6.45) is 25.4. The van der Waals surface area contributed by atoms with Crippen LogP contribution in [0.25, 0.3) is 0 Å². The highest BCUT2D eigenvalue weighted by molar-refractivity contribution is 5.75. The van der Waals surface area contributed by atoms with E-state index in [1.54, 1.807) is 25.0 Å². The first-order valence-electron chi connectivity index (χ1n) is 20.9. The topological polar surface area (TPSA) is 82.3 Å². The number of rotatable bonds is 13. The summed E-state index contributed by atoms with van der Waals surface area (Å²) in [5.41, 5.74) is 6.16. The van der Waals surface area contributed by atoms with Gasteiger partial charge in [-0.2, -0.15) is 0 Å². The van der Waals surface area contributed by atoms with Crippen LogP contribution in [0.5, 0.6) is 0 Å². The van der Waals surface area contributed by atoms with Gasteiger partial charge < -0.3 is 13.9 Å². The normalized spacial score (nSPS) is 33.8. The van der Waals surface area contributed by atoms with Gasteiger partial charge in [0.2, 0.25) is 11.8 Å². The van der Waals surface area contributed by atoms with Gasteiger partial charge in [-0.25, -0.2) is 0 Å². The van der Waals surface area contributed by atoms with Crippen molar-refractivity contribution >= 4 is 12.3 Å². The number of hydrogen-bond donors (Lipinski definition) is 0. The lowest BCUT2D eigenvalue weighted by atomic mass is 9.40. The zero-order valence-corrected chi connectivity index (χ0v) is 34.0. The minimum absolute atomic E-state index is 0.134. The van der Waals surface area contributed by atoms with E-state index in [0.717, 1.165) is 50.2 Å². The lowest BCUT2D eigenvalue weighted by Crippen LogP contribution is -2.57. The van der Waals surface area contributed by atoms with Crippen LogP contribution in [0.2, 0.25) is 0 Å². The molecule has 6 heteroatoms. The van der Waals surface area contributed by atoms with Crippen LogP contribution in [0, 0.1) is 51.2 Å². The highest BCUT2D eigenvalue weighted by atomic mass is 16.5. The van der Waals surface area contributed by atoms with Crippen LogP contribution >= 0.6 is 0 Å². The van der Waals surface area contributed by atoms with Crippen LogP contribution in [-0.4, -0.2) is 28.6 Å². The van der Waals surface area contributed by atoms with Crippen LogP contribution in [0.3, 0.4) is 0 Å². The van der Waals surface area contributed by atoms with Crippen molar-refractivity contribution in [1.29, 1.82) is 0 Å². The standard InChI is InChI=1S/C46H68N2O4/c1-10-33-12-11-13-34(15-14-33)26-39-47-48-40(52-39)27-46-24-20-35(30(2)3)42(46)36-16-17-38-44(8,31(4)18-22-45(38,9)37(36)21-25-46)23-19-32(5)51-41(50)28-43(6,7)29-49/h11,13-15,29-32,36-38H,10,12,16-28H2,1-9H3. The highest BCUT2D eigenvalue weighted by Crippen LogP contribution is 2.70. The molecule has 6 rings (SSSR count). The maximum atomic E-state index is 12.7. The number of carbonyl (C=O) groups is 2. The van der Waals surface area contributed by atoms with E-state index in [0.29, 0.717) is 41.4 Å². The predicted octanol–water partition coefficient (Wildman–Crippen LogP) is 11.3. The molecule has 0 bridgehead atoms. The van der Waals surface area contributed by atoms with Gasteiger partial charge in [0.15, 0.2) is 0 Å². The largest absolute Gasteiger partial charge is 0.463 e. The van der Waals surface area contributed by atoms with Gasteiger partial charge in [-0.15, -0.1) is 10.2 Å². The maximum absolute atomic E-state index is 12.7. The van der Waals surface area contributed by atoms with Crippen molar-refractivity contribution in [1.82, 2.24) is 10.2 Å². The molecule has 286 valence electrons. The Morgan fingerprint density at radius 1 is 1.06 bits per heavy atom. The van der Waals surface area contributed by atoms with Gasteiger partial charge in [-0.05, 0) is 130 Å². The van der Waals surface area contributed by atoms with E-state index < -0.39 is 5.41 Å². The van der Waals surface area contributed by atoms with Crippen molar-refractivity contribution in [2.24, 2.45) is 51.2 Å². The number of carbonyl (C=O) groups excluding carboxylic acids is 2. The smallest absolute Gasteiger partial charge is 0.307 e. The van der Waals surface area contributed by atoms with E-state index in [9.17, 15) is 9.59 Å². The Balaban J connectivity index is 1.19. The second kappa shape index (κ2) is 15.2. The number of fused-ring (bicyclic) bond motifs is 5. The molecule has 5 aliphatic carbocycles. The summed E-state index contributed by atoms with van der Waals surface area (Å²) in [7, 11) is 0. The van der Waals surface area contributed by atoms with Crippen LogP contribution < -0.4 is 0 Å². The summed E-state index contributed by atoms with van der Waals surface area (Å²) in [5, 5.41) is 9.26. The monoisotopic (exact) mass is 713 g/mol. The molecule has 1 aromatic rings. The third-order valence-electron chi connectivity index (χ3n) is 15.1. The third-order valence-corrected chi connectivity index (χ3v) is 15.1. The van der Waals surface area contributed by atoms with E-state index in [2.05, 4.69) is 76.0 Å². The lowest BCUT2D eigenvalue weighted by Gasteiger charge is -2.65. The zero-order chi connectivity index (χ0) is 37.5. The second-order valence-electron chi connectivity index (χ2n) is 19.3. The van der Waals surface area contributed by atoms with Gasteiger partial charge in [0.25, 0.3) is 0 Å². The van der Waals surface area contributed by atoms with Gasteiger partial charge in [0, 0.05) is 17.3 Å². The Kier molecular flexibility index (Phi) is 11.4. The van der Waals surface area contributed by atoms with Crippen molar-refractivity contribution in [2.75, 3.05) is 0 Å². The number of allylic oxidation sites excluding steroid dienone is 8. The van der Waals surface area contributed by atoms with Crippen LogP contribution in [0.1, 0.15) is 158 Å². The minimum Gasteiger partial charge on any atom is -0.463 e. The minimum atomic E-state index is -0.682. The van der Waals surface area contributed by atoms with Crippen molar-refractivity contribution in [3.05, 3.63) is 58.4 Å². The van der Waals surface area contributed by atoms with E-state index in [1.807, 2.05) is 6.92 Å². The zero-order valence-electron chi connectivity index (χ0n) is 34.0. The van der Waals surface area contributed by atoms with Crippen molar-refractivity contribution < 1.29 is 18.7 Å². The third kappa shape index (κ3) is 7.61. The van der Waals surface area contributed by atoms with Gasteiger partial charge in [-0.1, -0.05) is 96.4 Å². The molecule has 1 heterocycles. The Labute approximate surface area is 314 Å². The molecule has 0 radical (unpaired) electrons. The number of aromatic nitrogens is 2. The number of hydrogen-bond acceptors (Lipinski definition) is 6. The SMILES string of the molecule is CCC1=CC=C(Cc2nnc(CC34CCC(C(C)C)=C3C3CCC5C(C)(CCC(C)OC(=O)CC(C)(C)C=O)C(C)CCC5(C)C3CC4)o2)C=CC1. The van der Waals surface area contributed by atoms with Gasteiger partial charge >= 0.3 is 5.97 Å². The van der Waals surface area contributed by atoms with Gasteiger partial charge in [0.05, 0.1) is 18.9 Å². The first-order valence-corrected chi connectivity index (χ1v) is 20.9. The first-order chi connectivity index (χ1) is 24.6. The fourth-order valence-electron chi connectivity index (χ4n) is 12.0. The molecule has 3 saturated carbocycles. The molecule has 1 aromatic heterocycles. The number of ether oxygens (including phenoxy) is 1.